The molecule has 18 nitrogen and oxygen atoms in total. The number of carboxylic acids is 6. The monoisotopic (exact) mass is 700 g/mol. The van der Waals surface area contributed by atoms with Gasteiger partial charge in [0.15, 0.2) is 0 Å². The minimum atomic E-state index is -2.44. The number of aliphatic hydroxyl groups is 6. The summed E-state index contributed by atoms with van der Waals surface area (Å²) in [6.45, 7) is 0. The summed E-state index contributed by atoms with van der Waals surface area (Å²) in [5.74, 6) is -12.4. The van der Waals surface area contributed by atoms with Crippen LogP contribution in [0.2, 0.25) is 0 Å². The molecule has 0 aromatic carbocycles. The second-order valence-electron chi connectivity index (χ2n) is 4.58. The molecule has 0 saturated carbocycles. The molecule has 6 N–H and O–H groups in total. The van der Waals surface area contributed by atoms with Gasteiger partial charge in [-0.25, -0.2) is 0 Å². The van der Waals surface area contributed by atoms with Gasteiger partial charge in [0.05, 0.1) is 35.8 Å². The van der Waals surface area contributed by atoms with Gasteiger partial charge in [0.2, 0.25) is 0 Å². The van der Waals surface area contributed by atoms with E-state index in [1.54, 1.807) is 0 Å². The van der Waals surface area contributed by atoms with E-state index >= 15 is 0 Å². The fourth-order valence-corrected chi connectivity index (χ4v) is 0.773. The van der Waals surface area contributed by atoms with Crippen LogP contribution >= 0.6 is 0 Å². The van der Waals surface area contributed by atoms with Crippen molar-refractivity contribution in [2.75, 3.05) is 0 Å². The first-order valence-electron chi connectivity index (χ1n) is 6.73. The minimum Gasteiger partial charge on any atom is -0.547 e. The normalized spacial score (nSPS) is 14.8. The maximum absolute atomic E-state index is 9.63. The molecule has 6 atom stereocenters. The first-order chi connectivity index (χ1) is 13.4. The van der Waals surface area contributed by atoms with E-state index in [1.807, 2.05) is 0 Å². The molecule has 6 unspecified atom stereocenters. The number of carboxylic acid groups (broad SMARTS) is 6. The number of hydrogen-bond donors (Lipinski definition) is 6. The first-order valence-corrected chi connectivity index (χ1v) is 6.73. The van der Waals surface area contributed by atoms with Crippen LogP contribution in [0.15, 0.2) is 0 Å². The summed E-state index contributed by atoms with van der Waals surface area (Å²) in [6.07, 6.45) is -14.6. The van der Waals surface area contributed by atoms with Crippen LogP contribution in [-0.4, -0.2) is 130 Å². The van der Waals surface area contributed by atoms with Gasteiger partial charge in [0.25, 0.3) is 0 Å². The Morgan fingerprint density at radius 3 is 0.469 bits per heavy atom. The third kappa shape index (κ3) is 17.9. The Morgan fingerprint density at radius 1 is 0.375 bits per heavy atom. The Morgan fingerprint density at radius 2 is 0.438 bits per heavy atom. The molecule has 0 bridgehead atoms. The van der Waals surface area contributed by atoms with E-state index in [0.29, 0.717) is 0 Å². The van der Waals surface area contributed by atoms with Crippen molar-refractivity contribution in [2.45, 2.75) is 36.6 Å². The van der Waals surface area contributed by atoms with E-state index < -0.39 is 72.4 Å². The molecule has 0 spiro atoms. The fraction of sp³-hybridized carbons (Fsp3) is 0.500. The van der Waals surface area contributed by atoms with E-state index in [1.165, 1.54) is 0 Å². The fourth-order valence-electron chi connectivity index (χ4n) is 0.773. The van der Waals surface area contributed by atoms with Crippen LogP contribution in [0.5, 0.6) is 0 Å². The molecule has 0 rings (SSSR count). The van der Waals surface area contributed by atoms with E-state index in [0.717, 1.165) is 0 Å². The van der Waals surface area contributed by atoms with Crippen molar-refractivity contribution in [3.63, 3.8) is 0 Å². The average Bonchev–Trinajstić information content (AvgIpc) is 2.64. The van der Waals surface area contributed by atoms with Gasteiger partial charge in [-0.2, -0.15) is 0 Å². The standard InChI is InChI=1S/3C4H6O6.Pb.Ti/c3*5-1(3(7)8)2(6)4(9)10;;/h3*1-2,5-6H,(H,7,8)(H,9,10);;/q;;;+2;+4/p-6. The van der Waals surface area contributed by atoms with Crippen LogP contribution in [0, 0.1) is 0 Å². The molecule has 0 aromatic heterocycles. The SMILES string of the molecule is O=C([O-])C(O)C(O)C(=O)[O-].O=C([O-])C(O)C(O)C(=O)[O-].O=C([O-])C(O)C(O)C(=O)[O-].[Pb+2].[Ti+4]. The Bertz CT molecular complexity index is 500. The van der Waals surface area contributed by atoms with Gasteiger partial charge in [-0.3, -0.25) is 0 Å². The van der Waals surface area contributed by atoms with Crippen molar-refractivity contribution >= 4 is 63.1 Å². The maximum atomic E-state index is 9.63. The van der Waals surface area contributed by atoms with Crippen LogP contribution in [0.1, 0.15) is 0 Å². The van der Waals surface area contributed by atoms with Crippen LogP contribution in [0.3, 0.4) is 0 Å². The van der Waals surface area contributed by atoms with Crippen LogP contribution < -0.4 is 30.6 Å². The van der Waals surface area contributed by atoms with Gasteiger partial charge >= 0.3 is 49.0 Å². The molecule has 0 aromatic rings. The number of aliphatic carboxylic acids is 6. The van der Waals surface area contributed by atoms with Gasteiger partial charge in [-0.1, -0.05) is 0 Å². The Kier molecular flexibility index (Phi) is 25.2. The molecular formula is C12H12O18PbTi. The van der Waals surface area contributed by atoms with Crippen molar-refractivity contribution in [3.8, 4) is 0 Å². The van der Waals surface area contributed by atoms with E-state index in [-0.39, 0.29) is 49.0 Å². The molecule has 0 aliphatic carbocycles. The molecule has 0 aliphatic heterocycles. The minimum absolute atomic E-state index is 0. The summed E-state index contributed by atoms with van der Waals surface area (Å²) >= 11 is 0. The van der Waals surface area contributed by atoms with Gasteiger partial charge in [-0.15, -0.1) is 0 Å². The molecule has 0 aliphatic rings. The molecule has 0 amide bonds. The zero-order valence-electron chi connectivity index (χ0n) is 15.0. The van der Waals surface area contributed by atoms with Gasteiger partial charge < -0.3 is 90.0 Å². The molecular weight excluding hydrogens is 687 g/mol. The summed E-state index contributed by atoms with van der Waals surface area (Å²) in [4.78, 5) is 57.8. The second-order valence-corrected chi connectivity index (χ2v) is 4.58. The zero-order valence-corrected chi connectivity index (χ0v) is 20.5. The number of rotatable bonds is 9. The number of aliphatic hydroxyl groups excluding tert-OH is 6. The molecule has 0 heterocycles. The van der Waals surface area contributed by atoms with E-state index in [2.05, 4.69) is 0 Å². The van der Waals surface area contributed by atoms with Crippen molar-refractivity contribution in [3.05, 3.63) is 0 Å². The van der Waals surface area contributed by atoms with Crippen molar-refractivity contribution in [1.29, 1.82) is 0 Å². The van der Waals surface area contributed by atoms with Gasteiger partial charge in [0.1, 0.15) is 36.6 Å². The van der Waals surface area contributed by atoms with Crippen LogP contribution in [0.25, 0.3) is 0 Å². The molecule has 20 heteroatoms. The van der Waals surface area contributed by atoms with E-state index in [9.17, 15) is 59.4 Å². The first kappa shape index (κ1) is 40.6. The molecule has 0 saturated heterocycles. The van der Waals surface area contributed by atoms with Crippen LogP contribution in [-0.2, 0) is 50.5 Å². The number of carbonyl (C=O) groups excluding carboxylic acids is 6. The van der Waals surface area contributed by atoms with Crippen molar-refractivity contribution < 1.29 is 112 Å². The smallest absolute Gasteiger partial charge is 0.547 e. The Labute approximate surface area is 211 Å². The third-order valence-electron chi connectivity index (χ3n) is 2.35. The summed E-state index contributed by atoms with van der Waals surface area (Å²) in [5.41, 5.74) is 0. The van der Waals surface area contributed by atoms with Gasteiger partial charge in [0, 0.05) is 0 Å². The number of hydrogen-bond acceptors (Lipinski definition) is 18. The largest absolute Gasteiger partial charge is 4.00 e. The summed E-state index contributed by atoms with van der Waals surface area (Å²) in [7, 11) is 0. The average molecular weight is 699 g/mol. The Hall–Kier alpha value is -1.78. The topological polar surface area (TPSA) is 362 Å². The van der Waals surface area contributed by atoms with Gasteiger partial charge in [-0.05, 0) is 0 Å². The second kappa shape index (κ2) is 19.9. The van der Waals surface area contributed by atoms with Crippen molar-refractivity contribution in [2.24, 2.45) is 0 Å². The summed E-state index contributed by atoms with van der Waals surface area (Å²) in [6, 6.07) is 0. The van der Waals surface area contributed by atoms with Crippen molar-refractivity contribution in [1.82, 2.24) is 0 Å². The molecule has 2 radical (unpaired) electrons. The predicted octanol–water partition coefficient (Wildman–Crippen LogP) is -14.8. The van der Waals surface area contributed by atoms with E-state index in [4.69, 9.17) is 30.6 Å². The Balaban J connectivity index is -0.000000110. The predicted molar refractivity (Wildman–Crippen MR) is 71.8 cm³/mol. The molecule has 32 heavy (non-hydrogen) atoms. The molecule has 176 valence electrons. The summed E-state index contributed by atoms with van der Waals surface area (Å²) in [5, 5.41) is 107. The summed E-state index contributed by atoms with van der Waals surface area (Å²) < 4.78 is 0. The molecule has 0 fully saturated rings. The third-order valence-corrected chi connectivity index (χ3v) is 2.35. The maximum Gasteiger partial charge on any atom is 4.00 e. The quantitative estimate of drug-likeness (QED) is 0.122. The van der Waals surface area contributed by atoms with Crippen LogP contribution in [0.4, 0.5) is 0 Å². The zero-order chi connectivity index (χ0) is 24.9. The number of carbonyl (C=O) groups is 6.